The summed E-state index contributed by atoms with van der Waals surface area (Å²) >= 11 is 11.8. The summed E-state index contributed by atoms with van der Waals surface area (Å²) < 4.78 is 5.00. The number of alkyl carbamates (subject to hydrolysis) is 1. The van der Waals surface area contributed by atoms with Gasteiger partial charge in [-0.3, -0.25) is 0 Å². The molecule has 0 unspecified atom stereocenters. The SMILES string of the molecule is CC(C)NC(=O)OCCc1ccc(Cl)cc1Cl. The van der Waals surface area contributed by atoms with Crippen LogP contribution in [-0.4, -0.2) is 18.7 Å². The van der Waals surface area contributed by atoms with Gasteiger partial charge >= 0.3 is 6.09 Å². The first-order valence-corrected chi connectivity index (χ1v) is 6.12. The highest BCUT2D eigenvalue weighted by atomic mass is 35.5. The molecule has 0 saturated heterocycles. The van der Waals surface area contributed by atoms with Gasteiger partial charge in [0, 0.05) is 22.5 Å². The molecule has 0 heterocycles. The molecular weight excluding hydrogens is 261 g/mol. The Morgan fingerprint density at radius 3 is 2.71 bits per heavy atom. The molecule has 0 spiro atoms. The highest BCUT2D eigenvalue weighted by Crippen LogP contribution is 2.21. The van der Waals surface area contributed by atoms with E-state index in [4.69, 9.17) is 27.9 Å². The zero-order valence-electron chi connectivity index (χ0n) is 9.80. The Kier molecular flexibility index (Phi) is 5.59. The molecule has 3 nitrogen and oxygen atoms in total. The van der Waals surface area contributed by atoms with Crippen molar-refractivity contribution in [2.45, 2.75) is 26.3 Å². The lowest BCUT2D eigenvalue weighted by Gasteiger charge is -2.09. The first-order valence-electron chi connectivity index (χ1n) is 5.36. The molecule has 1 aromatic carbocycles. The van der Waals surface area contributed by atoms with Crippen LogP contribution in [-0.2, 0) is 11.2 Å². The van der Waals surface area contributed by atoms with Crippen LogP contribution in [0.1, 0.15) is 19.4 Å². The van der Waals surface area contributed by atoms with Crippen molar-refractivity contribution in [3.63, 3.8) is 0 Å². The normalized spacial score (nSPS) is 10.4. The predicted molar refractivity (Wildman–Crippen MR) is 69.8 cm³/mol. The van der Waals surface area contributed by atoms with Gasteiger partial charge in [0.05, 0.1) is 6.61 Å². The minimum atomic E-state index is -0.412. The van der Waals surface area contributed by atoms with Crippen molar-refractivity contribution >= 4 is 29.3 Å². The van der Waals surface area contributed by atoms with Crippen LogP contribution in [0.5, 0.6) is 0 Å². The molecular formula is C12H15Cl2NO2. The topological polar surface area (TPSA) is 38.3 Å². The van der Waals surface area contributed by atoms with Gasteiger partial charge in [-0.2, -0.15) is 0 Å². The number of carbonyl (C=O) groups excluding carboxylic acids is 1. The van der Waals surface area contributed by atoms with Crippen LogP contribution in [0.3, 0.4) is 0 Å². The molecule has 1 N–H and O–H groups in total. The standard InChI is InChI=1S/C12H15Cl2NO2/c1-8(2)15-12(16)17-6-5-9-3-4-10(13)7-11(9)14/h3-4,7-8H,5-6H2,1-2H3,(H,15,16). The molecule has 0 bridgehead atoms. The monoisotopic (exact) mass is 275 g/mol. The van der Waals surface area contributed by atoms with E-state index in [2.05, 4.69) is 5.32 Å². The summed E-state index contributed by atoms with van der Waals surface area (Å²) in [6.45, 7) is 4.04. The van der Waals surface area contributed by atoms with E-state index in [1.54, 1.807) is 12.1 Å². The van der Waals surface area contributed by atoms with Gasteiger partial charge in [0.2, 0.25) is 0 Å². The van der Waals surface area contributed by atoms with Crippen LogP contribution >= 0.6 is 23.2 Å². The molecule has 0 aliphatic carbocycles. The quantitative estimate of drug-likeness (QED) is 0.911. The van der Waals surface area contributed by atoms with Crippen LogP contribution in [0.15, 0.2) is 18.2 Å². The Bertz CT molecular complexity index is 394. The summed E-state index contributed by atoms with van der Waals surface area (Å²) in [6.07, 6.45) is 0.159. The van der Waals surface area contributed by atoms with Crippen molar-refractivity contribution in [3.8, 4) is 0 Å². The van der Waals surface area contributed by atoms with Crippen LogP contribution in [0.4, 0.5) is 4.79 Å². The van der Waals surface area contributed by atoms with Crippen molar-refractivity contribution in [1.82, 2.24) is 5.32 Å². The molecule has 0 radical (unpaired) electrons. The maximum Gasteiger partial charge on any atom is 0.407 e. The van der Waals surface area contributed by atoms with Crippen molar-refractivity contribution < 1.29 is 9.53 Å². The Balaban J connectivity index is 2.38. The van der Waals surface area contributed by atoms with E-state index >= 15 is 0 Å². The number of ether oxygens (including phenoxy) is 1. The number of benzene rings is 1. The molecule has 5 heteroatoms. The first kappa shape index (κ1) is 14.1. The van der Waals surface area contributed by atoms with E-state index < -0.39 is 6.09 Å². The lowest BCUT2D eigenvalue weighted by atomic mass is 10.2. The first-order chi connectivity index (χ1) is 7.99. The highest BCUT2D eigenvalue weighted by molar-refractivity contribution is 6.35. The summed E-state index contributed by atoms with van der Waals surface area (Å²) in [4.78, 5) is 11.2. The van der Waals surface area contributed by atoms with E-state index in [1.807, 2.05) is 19.9 Å². The van der Waals surface area contributed by atoms with Gasteiger partial charge in [-0.25, -0.2) is 4.79 Å². The zero-order chi connectivity index (χ0) is 12.8. The fourth-order valence-electron chi connectivity index (χ4n) is 1.26. The number of amides is 1. The van der Waals surface area contributed by atoms with E-state index in [1.165, 1.54) is 0 Å². The molecule has 0 aliphatic heterocycles. The van der Waals surface area contributed by atoms with Crippen LogP contribution in [0, 0.1) is 0 Å². The predicted octanol–water partition coefficient (Wildman–Crippen LogP) is 3.67. The van der Waals surface area contributed by atoms with E-state index in [-0.39, 0.29) is 6.04 Å². The van der Waals surface area contributed by atoms with Crippen molar-refractivity contribution in [2.75, 3.05) is 6.61 Å². The summed E-state index contributed by atoms with van der Waals surface area (Å²) in [5.41, 5.74) is 0.911. The summed E-state index contributed by atoms with van der Waals surface area (Å²) in [6, 6.07) is 5.33. The molecule has 17 heavy (non-hydrogen) atoms. The largest absolute Gasteiger partial charge is 0.449 e. The minimum Gasteiger partial charge on any atom is -0.449 e. The molecule has 0 saturated carbocycles. The molecule has 1 rings (SSSR count). The third-order valence-corrected chi connectivity index (χ3v) is 2.61. The van der Waals surface area contributed by atoms with Crippen molar-refractivity contribution in [3.05, 3.63) is 33.8 Å². The third kappa shape index (κ3) is 5.29. The number of hydrogen-bond donors (Lipinski definition) is 1. The molecule has 0 aromatic heterocycles. The Labute approximate surface area is 111 Å². The van der Waals surface area contributed by atoms with Crippen molar-refractivity contribution in [2.24, 2.45) is 0 Å². The molecule has 0 fully saturated rings. The van der Waals surface area contributed by atoms with Gasteiger partial charge in [-0.05, 0) is 31.5 Å². The van der Waals surface area contributed by atoms with Gasteiger partial charge in [0.15, 0.2) is 0 Å². The molecule has 1 amide bonds. The molecule has 0 atom stereocenters. The van der Waals surface area contributed by atoms with Crippen LogP contribution < -0.4 is 5.32 Å². The number of carbonyl (C=O) groups is 1. The van der Waals surface area contributed by atoms with Crippen LogP contribution in [0.25, 0.3) is 0 Å². The second kappa shape index (κ2) is 6.72. The number of hydrogen-bond acceptors (Lipinski definition) is 2. The lowest BCUT2D eigenvalue weighted by molar-refractivity contribution is 0.145. The van der Waals surface area contributed by atoms with Gasteiger partial charge in [0.1, 0.15) is 0 Å². The van der Waals surface area contributed by atoms with Crippen molar-refractivity contribution in [1.29, 1.82) is 0 Å². The second-order valence-electron chi connectivity index (χ2n) is 3.92. The number of halogens is 2. The maximum atomic E-state index is 11.2. The summed E-state index contributed by atoms with van der Waals surface area (Å²) in [5.74, 6) is 0. The Hall–Kier alpha value is -0.930. The van der Waals surface area contributed by atoms with Gasteiger partial charge in [-0.1, -0.05) is 29.3 Å². The number of nitrogens with one attached hydrogen (secondary N) is 1. The smallest absolute Gasteiger partial charge is 0.407 e. The average molecular weight is 276 g/mol. The van der Waals surface area contributed by atoms with E-state index in [9.17, 15) is 4.79 Å². The lowest BCUT2D eigenvalue weighted by Crippen LogP contribution is -2.31. The van der Waals surface area contributed by atoms with Gasteiger partial charge in [-0.15, -0.1) is 0 Å². The molecule has 94 valence electrons. The fourth-order valence-corrected chi connectivity index (χ4v) is 1.76. The van der Waals surface area contributed by atoms with Gasteiger partial charge in [0.25, 0.3) is 0 Å². The number of rotatable bonds is 4. The Morgan fingerprint density at radius 2 is 2.12 bits per heavy atom. The van der Waals surface area contributed by atoms with E-state index in [0.717, 1.165) is 5.56 Å². The summed E-state index contributed by atoms with van der Waals surface area (Å²) in [7, 11) is 0. The molecule has 1 aromatic rings. The maximum absolute atomic E-state index is 11.2. The van der Waals surface area contributed by atoms with E-state index in [0.29, 0.717) is 23.1 Å². The molecule has 0 aliphatic rings. The minimum absolute atomic E-state index is 0.0709. The Morgan fingerprint density at radius 1 is 1.41 bits per heavy atom. The highest BCUT2D eigenvalue weighted by Gasteiger charge is 2.05. The van der Waals surface area contributed by atoms with Gasteiger partial charge < -0.3 is 10.1 Å². The summed E-state index contributed by atoms with van der Waals surface area (Å²) in [5, 5.41) is 3.82. The zero-order valence-corrected chi connectivity index (χ0v) is 11.3. The second-order valence-corrected chi connectivity index (χ2v) is 4.76. The fraction of sp³-hybridized carbons (Fsp3) is 0.417. The third-order valence-electron chi connectivity index (χ3n) is 2.03. The average Bonchev–Trinajstić information content (AvgIpc) is 2.20. The van der Waals surface area contributed by atoms with Crippen LogP contribution in [0.2, 0.25) is 10.0 Å².